The van der Waals surface area contributed by atoms with E-state index in [0.717, 1.165) is 17.7 Å². The van der Waals surface area contributed by atoms with Crippen molar-refractivity contribution in [1.82, 2.24) is 0 Å². The zero-order valence-electron chi connectivity index (χ0n) is 11.6. The minimum Gasteiger partial charge on any atom is -0.469 e. The molecule has 0 bridgehead atoms. The van der Waals surface area contributed by atoms with E-state index >= 15 is 0 Å². The summed E-state index contributed by atoms with van der Waals surface area (Å²) >= 11 is 0. The van der Waals surface area contributed by atoms with Gasteiger partial charge in [0, 0.05) is 12.0 Å². The summed E-state index contributed by atoms with van der Waals surface area (Å²) in [6.45, 7) is 8.45. The first-order chi connectivity index (χ1) is 8.54. The Balaban J connectivity index is 2.49. The van der Waals surface area contributed by atoms with Crippen LogP contribution in [0.3, 0.4) is 0 Å². The first-order valence-corrected chi connectivity index (χ1v) is 6.44. The Kier molecular flexibility index (Phi) is 3.58. The van der Waals surface area contributed by atoms with Crippen molar-refractivity contribution in [3.8, 4) is 0 Å². The predicted octanol–water partition coefficient (Wildman–Crippen LogP) is 3.82. The number of rotatable bonds is 3. The van der Waals surface area contributed by atoms with Crippen LogP contribution in [-0.2, 0) is 6.42 Å². The zero-order chi connectivity index (χ0) is 13.3. The third-order valence-corrected chi connectivity index (χ3v) is 3.49. The molecule has 2 aromatic rings. The summed E-state index contributed by atoms with van der Waals surface area (Å²) in [4.78, 5) is 0. The van der Waals surface area contributed by atoms with Crippen molar-refractivity contribution >= 4 is 0 Å². The van der Waals surface area contributed by atoms with E-state index in [1.165, 1.54) is 22.3 Å². The minimum atomic E-state index is -0.0979. The summed E-state index contributed by atoms with van der Waals surface area (Å²) in [5.74, 6) is 0.988. The highest BCUT2D eigenvalue weighted by atomic mass is 16.3. The van der Waals surface area contributed by atoms with E-state index < -0.39 is 0 Å². The molecular formula is C16H21NO. The van der Waals surface area contributed by atoms with Crippen molar-refractivity contribution in [2.24, 2.45) is 5.73 Å². The molecule has 96 valence electrons. The van der Waals surface area contributed by atoms with Crippen molar-refractivity contribution < 1.29 is 4.42 Å². The maximum absolute atomic E-state index is 6.43. The van der Waals surface area contributed by atoms with E-state index in [4.69, 9.17) is 10.2 Å². The molecular weight excluding hydrogens is 222 g/mol. The van der Waals surface area contributed by atoms with Gasteiger partial charge in [0.25, 0.3) is 0 Å². The largest absolute Gasteiger partial charge is 0.469 e. The maximum Gasteiger partial charge on any atom is 0.108 e. The monoisotopic (exact) mass is 243 g/mol. The van der Waals surface area contributed by atoms with E-state index in [1.807, 2.05) is 6.07 Å². The van der Waals surface area contributed by atoms with E-state index in [9.17, 15) is 0 Å². The van der Waals surface area contributed by atoms with Gasteiger partial charge >= 0.3 is 0 Å². The second-order valence-corrected chi connectivity index (χ2v) is 4.94. The minimum absolute atomic E-state index is 0.0979. The Morgan fingerprint density at radius 2 is 1.78 bits per heavy atom. The molecule has 2 rings (SSSR count). The molecule has 1 heterocycles. The molecule has 0 spiro atoms. The number of hydrogen-bond donors (Lipinski definition) is 1. The van der Waals surface area contributed by atoms with Gasteiger partial charge in [-0.1, -0.05) is 24.6 Å². The summed E-state index contributed by atoms with van der Waals surface area (Å²) in [5, 5.41) is 0. The van der Waals surface area contributed by atoms with Crippen molar-refractivity contribution in [1.29, 1.82) is 0 Å². The summed E-state index contributed by atoms with van der Waals surface area (Å²) in [6.07, 6.45) is 2.60. The molecule has 1 aromatic heterocycles. The molecule has 2 nitrogen and oxygen atoms in total. The first-order valence-electron chi connectivity index (χ1n) is 6.44. The lowest BCUT2D eigenvalue weighted by Gasteiger charge is -2.18. The van der Waals surface area contributed by atoms with Gasteiger partial charge in [0.15, 0.2) is 0 Å². The van der Waals surface area contributed by atoms with Crippen LogP contribution in [0.1, 0.15) is 46.5 Å². The Morgan fingerprint density at radius 1 is 1.17 bits per heavy atom. The number of hydrogen-bond acceptors (Lipinski definition) is 2. The topological polar surface area (TPSA) is 39.2 Å². The van der Waals surface area contributed by atoms with Crippen molar-refractivity contribution in [2.75, 3.05) is 0 Å². The first kappa shape index (κ1) is 12.9. The van der Waals surface area contributed by atoms with Crippen LogP contribution in [0.2, 0.25) is 0 Å². The number of furan rings is 1. The molecule has 0 fully saturated rings. The van der Waals surface area contributed by atoms with E-state index in [0.29, 0.717) is 0 Å². The van der Waals surface area contributed by atoms with Gasteiger partial charge in [-0.05, 0) is 43.5 Å². The molecule has 1 atom stereocenters. The summed E-state index contributed by atoms with van der Waals surface area (Å²) in [7, 11) is 0. The van der Waals surface area contributed by atoms with Crippen molar-refractivity contribution in [3.63, 3.8) is 0 Å². The third kappa shape index (κ3) is 2.21. The Hall–Kier alpha value is -1.54. The number of benzene rings is 1. The van der Waals surface area contributed by atoms with Crippen LogP contribution in [0.5, 0.6) is 0 Å². The van der Waals surface area contributed by atoms with Gasteiger partial charge in [-0.2, -0.15) is 0 Å². The van der Waals surface area contributed by atoms with Crippen LogP contribution in [0.25, 0.3) is 0 Å². The third-order valence-electron chi connectivity index (χ3n) is 3.49. The van der Waals surface area contributed by atoms with Crippen LogP contribution in [0.15, 0.2) is 28.9 Å². The fourth-order valence-electron chi connectivity index (χ4n) is 2.75. The quantitative estimate of drug-likeness (QED) is 0.890. The zero-order valence-corrected chi connectivity index (χ0v) is 11.6. The van der Waals surface area contributed by atoms with Gasteiger partial charge in [-0.15, -0.1) is 0 Å². The molecule has 0 aliphatic heterocycles. The summed E-state index contributed by atoms with van der Waals surface area (Å²) in [5.41, 5.74) is 12.5. The lowest BCUT2D eigenvalue weighted by Crippen LogP contribution is -2.15. The molecule has 0 radical (unpaired) electrons. The maximum atomic E-state index is 6.43. The van der Waals surface area contributed by atoms with E-state index in [2.05, 4.69) is 39.8 Å². The second kappa shape index (κ2) is 4.99. The number of aryl methyl sites for hydroxylation is 4. The van der Waals surface area contributed by atoms with E-state index in [1.54, 1.807) is 6.26 Å². The molecule has 1 unspecified atom stereocenters. The molecule has 2 N–H and O–H groups in total. The Morgan fingerprint density at radius 3 is 2.33 bits per heavy atom. The lowest BCUT2D eigenvalue weighted by atomic mass is 9.90. The summed E-state index contributed by atoms with van der Waals surface area (Å²) < 4.78 is 5.48. The standard InChI is InChI=1S/C16H21NO/c1-5-14-13(6-7-18-14)16(17)15-11(3)8-10(2)9-12(15)4/h6-9,16H,5,17H2,1-4H3. The Labute approximate surface area is 109 Å². The molecule has 1 aromatic carbocycles. The van der Waals surface area contributed by atoms with Crippen LogP contribution >= 0.6 is 0 Å². The Bertz CT molecular complexity index is 531. The molecule has 0 amide bonds. The smallest absolute Gasteiger partial charge is 0.108 e. The number of nitrogens with two attached hydrogens (primary N) is 1. The van der Waals surface area contributed by atoms with Gasteiger partial charge in [0.05, 0.1) is 12.3 Å². The predicted molar refractivity (Wildman–Crippen MR) is 74.8 cm³/mol. The van der Waals surface area contributed by atoms with Gasteiger partial charge < -0.3 is 10.2 Å². The highest BCUT2D eigenvalue weighted by Gasteiger charge is 2.18. The van der Waals surface area contributed by atoms with Crippen molar-refractivity contribution in [2.45, 2.75) is 40.2 Å². The SMILES string of the molecule is CCc1occc1C(N)c1c(C)cc(C)cc1C. The fourth-order valence-corrected chi connectivity index (χ4v) is 2.75. The average molecular weight is 243 g/mol. The van der Waals surface area contributed by atoms with Gasteiger partial charge in [0.1, 0.15) is 5.76 Å². The molecule has 18 heavy (non-hydrogen) atoms. The van der Waals surface area contributed by atoms with Gasteiger partial charge in [-0.25, -0.2) is 0 Å². The molecule has 0 aliphatic carbocycles. The van der Waals surface area contributed by atoms with Crippen molar-refractivity contribution in [3.05, 3.63) is 58.0 Å². The average Bonchev–Trinajstić information content (AvgIpc) is 2.75. The van der Waals surface area contributed by atoms with Crippen LogP contribution < -0.4 is 5.73 Å². The van der Waals surface area contributed by atoms with E-state index in [-0.39, 0.29) is 6.04 Å². The van der Waals surface area contributed by atoms with Gasteiger partial charge in [-0.3, -0.25) is 0 Å². The highest BCUT2D eigenvalue weighted by molar-refractivity contribution is 5.44. The van der Waals surface area contributed by atoms with Crippen LogP contribution in [0, 0.1) is 20.8 Å². The van der Waals surface area contributed by atoms with Gasteiger partial charge in [0.2, 0.25) is 0 Å². The summed E-state index contributed by atoms with van der Waals surface area (Å²) in [6, 6.07) is 6.27. The normalized spacial score (nSPS) is 12.7. The van der Waals surface area contributed by atoms with Crippen LogP contribution in [0.4, 0.5) is 0 Å². The fraction of sp³-hybridized carbons (Fsp3) is 0.375. The molecule has 0 saturated heterocycles. The highest BCUT2D eigenvalue weighted by Crippen LogP contribution is 2.29. The second-order valence-electron chi connectivity index (χ2n) is 4.94. The molecule has 2 heteroatoms. The molecule has 0 saturated carbocycles. The lowest BCUT2D eigenvalue weighted by molar-refractivity contribution is 0.509. The molecule has 0 aliphatic rings. The van der Waals surface area contributed by atoms with Crippen LogP contribution in [-0.4, -0.2) is 0 Å².